The molecule has 2 nitrogen and oxygen atoms in total. The number of hydrogen-bond donors (Lipinski definition) is 0. The second kappa shape index (κ2) is 6.86. The third-order valence-corrected chi connectivity index (χ3v) is 5.50. The van der Waals surface area contributed by atoms with E-state index in [2.05, 4.69) is 20.8 Å². The molecular formula is C17H26O2S. The van der Waals surface area contributed by atoms with E-state index in [-0.39, 0.29) is 6.10 Å². The lowest BCUT2D eigenvalue weighted by atomic mass is 9.74. The fourth-order valence-electron chi connectivity index (χ4n) is 3.11. The van der Waals surface area contributed by atoms with Crippen molar-refractivity contribution >= 4 is 11.1 Å². The molecule has 1 aromatic rings. The van der Waals surface area contributed by atoms with Crippen molar-refractivity contribution in [2.75, 3.05) is 0 Å². The Hall–Kier alpha value is -0.670. The molecule has 0 spiro atoms. The van der Waals surface area contributed by atoms with Gasteiger partial charge in [-0.15, -0.1) is 0 Å². The van der Waals surface area contributed by atoms with Crippen LogP contribution in [0.3, 0.4) is 0 Å². The molecule has 3 heteroatoms. The number of hydrogen-bond acceptors (Lipinski definition) is 2. The van der Waals surface area contributed by atoms with Crippen molar-refractivity contribution in [3.8, 4) is 0 Å². The predicted octanol–water partition coefficient (Wildman–Crippen LogP) is 4.50. The Bertz CT molecular complexity index is 453. The van der Waals surface area contributed by atoms with E-state index in [1.807, 2.05) is 31.2 Å². The molecule has 0 N–H and O–H groups in total. The van der Waals surface area contributed by atoms with E-state index in [0.29, 0.717) is 17.8 Å². The van der Waals surface area contributed by atoms with Crippen molar-refractivity contribution < 1.29 is 8.39 Å². The van der Waals surface area contributed by atoms with Crippen LogP contribution in [0.5, 0.6) is 0 Å². The van der Waals surface area contributed by atoms with Crippen molar-refractivity contribution in [3.63, 3.8) is 0 Å². The largest absolute Gasteiger partial charge is 0.283 e. The topological polar surface area (TPSA) is 26.3 Å². The molecule has 1 saturated carbocycles. The van der Waals surface area contributed by atoms with Gasteiger partial charge in [-0.25, -0.2) is 4.21 Å². The van der Waals surface area contributed by atoms with E-state index >= 15 is 0 Å². The predicted molar refractivity (Wildman–Crippen MR) is 83.8 cm³/mol. The number of rotatable bonds is 4. The fourth-order valence-corrected chi connectivity index (χ4v) is 4.11. The zero-order valence-electron chi connectivity index (χ0n) is 13.0. The Morgan fingerprint density at radius 3 is 2.45 bits per heavy atom. The lowest BCUT2D eigenvalue weighted by Crippen LogP contribution is -2.37. The van der Waals surface area contributed by atoms with Crippen molar-refractivity contribution in [2.24, 2.45) is 17.8 Å². The molecule has 0 aromatic heterocycles. The highest BCUT2D eigenvalue weighted by molar-refractivity contribution is 7.80. The average molecular weight is 294 g/mol. The Labute approximate surface area is 125 Å². The van der Waals surface area contributed by atoms with Gasteiger partial charge in [-0.1, -0.05) is 44.9 Å². The van der Waals surface area contributed by atoms with E-state index in [1.165, 1.54) is 24.8 Å². The highest BCUT2D eigenvalue weighted by Gasteiger charge is 2.35. The molecule has 0 saturated heterocycles. The molecule has 1 unspecified atom stereocenters. The van der Waals surface area contributed by atoms with Gasteiger partial charge in [-0.2, -0.15) is 0 Å². The summed E-state index contributed by atoms with van der Waals surface area (Å²) in [6.45, 7) is 8.75. The minimum Gasteiger partial charge on any atom is -0.283 e. The van der Waals surface area contributed by atoms with E-state index in [9.17, 15) is 4.21 Å². The second-order valence-electron chi connectivity index (χ2n) is 6.42. The molecule has 1 aliphatic rings. The molecule has 1 aromatic carbocycles. The summed E-state index contributed by atoms with van der Waals surface area (Å²) in [6.07, 6.45) is 3.75. The first-order valence-corrected chi connectivity index (χ1v) is 8.72. The maximum atomic E-state index is 12.4. The summed E-state index contributed by atoms with van der Waals surface area (Å²) in [5, 5.41) is 0. The third kappa shape index (κ3) is 3.70. The van der Waals surface area contributed by atoms with E-state index < -0.39 is 11.1 Å². The van der Waals surface area contributed by atoms with Crippen LogP contribution >= 0.6 is 0 Å². The maximum absolute atomic E-state index is 12.4. The first-order valence-electron chi connectivity index (χ1n) is 7.64. The normalized spacial score (nSPS) is 28.6. The molecular weight excluding hydrogens is 268 g/mol. The van der Waals surface area contributed by atoms with Crippen LogP contribution in [-0.4, -0.2) is 10.3 Å². The van der Waals surface area contributed by atoms with Gasteiger partial charge in [0.15, 0.2) is 11.1 Å². The quantitative estimate of drug-likeness (QED) is 0.817. The summed E-state index contributed by atoms with van der Waals surface area (Å²) in [7, 11) is 0. The van der Waals surface area contributed by atoms with Gasteiger partial charge in [0.2, 0.25) is 0 Å². The molecule has 1 fully saturated rings. The van der Waals surface area contributed by atoms with Crippen LogP contribution in [0.25, 0.3) is 0 Å². The van der Waals surface area contributed by atoms with Gasteiger partial charge in [-0.05, 0) is 49.7 Å². The molecule has 0 aliphatic heterocycles. The summed E-state index contributed by atoms with van der Waals surface area (Å²) < 4.78 is 18.4. The summed E-state index contributed by atoms with van der Waals surface area (Å²) in [5.41, 5.74) is 1.18. The first-order chi connectivity index (χ1) is 9.49. The number of benzene rings is 1. The minimum atomic E-state index is -1.35. The molecule has 0 radical (unpaired) electrons. The maximum Gasteiger partial charge on any atom is 0.189 e. The lowest BCUT2D eigenvalue weighted by molar-refractivity contribution is 0.0351. The van der Waals surface area contributed by atoms with Crippen molar-refractivity contribution in [3.05, 3.63) is 29.8 Å². The molecule has 0 bridgehead atoms. The van der Waals surface area contributed by atoms with Gasteiger partial charge in [-0.3, -0.25) is 4.18 Å². The highest BCUT2D eigenvalue weighted by Crippen LogP contribution is 2.36. The van der Waals surface area contributed by atoms with Crippen LogP contribution in [0.4, 0.5) is 0 Å². The van der Waals surface area contributed by atoms with Gasteiger partial charge in [0, 0.05) is 0 Å². The summed E-state index contributed by atoms with van der Waals surface area (Å²) in [4.78, 5) is 0.774. The lowest BCUT2D eigenvalue weighted by Gasteiger charge is -2.37. The van der Waals surface area contributed by atoms with Gasteiger partial charge in [0.05, 0.1) is 11.0 Å². The van der Waals surface area contributed by atoms with Crippen molar-refractivity contribution in [2.45, 2.75) is 58.0 Å². The molecule has 1 aliphatic carbocycles. The second-order valence-corrected chi connectivity index (χ2v) is 7.56. The van der Waals surface area contributed by atoms with Crippen molar-refractivity contribution in [1.29, 1.82) is 0 Å². The highest BCUT2D eigenvalue weighted by atomic mass is 32.2. The van der Waals surface area contributed by atoms with Crippen LogP contribution in [0.2, 0.25) is 0 Å². The van der Waals surface area contributed by atoms with Gasteiger partial charge < -0.3 is 0 Å². The van der Waals surface area contributed by atoms with Gasteiger partial charge in [0.25, 0.3) is 0 Å². The molecule has 4 atom stereocenters. The van der Waals surface area contributed by atoms with Crippen LogP contribution in [0, 0.1) is 24.7 Å². The summed E-state index contributed by atoms with van der Waals surface area (Å²) in [6, 6.07) is 7.79. The minimum absolute atomic E-state index is 0.117. The molecule has 112 valence electrons. The zero-order valence-corrected chi connectivity index (χ0v) is 13.8. The summed E-state index contributed by atoms with van der Waals surface area (Å²) >= 11 is -1.35. The van der Waals surface area contributed by atoms with Crippen LogP contribution < -0.4 is 0 Å². The molecule has 2 rings (SSSR count). The zero-order chi connectivity index (χ0) is 14.7. The van der Waals surface area contributed by atoms with Gasteiger partial charge in [0.1, 0.15) is 0 Å². The Kier molecular flexibility index (Phi) is 5.39. The van der Waals surface area contributed by atoms with E-state index in [1.54, 1.807) is 0 Å². The first kappa shape index (κ1) is 15.7. The molecule has 0 heterocycles. The number of aryl methyl sites for hydroxylation is 1. The van der Waals surface area contributed by atoms with Gasteiger partial charge >= 0.3 is 0 Å². The van der Waals surface area contributed by atoms with Crippen molar-refractivity contribution in [1.82, 2.24) is 0 Å². The standard InChI is InChI=1S/C17H26O2S/c1-12(2)16-7-5-6-14(4)17(16)19-20(18)15-10-8-13(3)9-11-15/h8-12,14,16-17H,5-7H2,1-4H3/t14-,16-,17+,20?/m0/s1. The Morgan fingerprint density at radius 2 is 1.85 bits per heavy atom. The van der Waals surface area contributed by atoms with Crippen LogP contribution in [-0.2, 0) is 15.3 Å². The fraction of sp³-hybridized carbons (Fsp3) is 0.647. The Morgan fingerprint density at radius 1 is 1.20 bits per heavy atom. The van der Waals surface area contributed by atoms with Crippen LogP contribution in [0.15, 0.2) is 29.2 Å². The summed E-state index contributed by atoms with van der Waals surface area (Å²) in [5.74, 6) is 1.59. The monoisotopic (exact) mass is 294 g/mol. The van der Waals surface area contributed by atoms with Crippen LogP contribution in [0.1, 0.15) is 45.6 Å². The van der Waals surface area contributed by atoms with E-state index in [0.717, 1.165) is 4.90 Å². The molecule has 0 amide bonds. The van der Waals surface area contributed by atoms with E-state index in [4.69, 9.17) is 4.18 Å². The third-order valence-electron chi connectivity index (χ3n) is 4.45. The SMILES string of the molecule is Cc1ccc(S(=O)O[C@@H]2[C@@H](C)CCC[C@H]2C(C)C)cc1. The average Bonchev–Trinajstić information content (AvgIpc) is 2.41. The Balaban J connectivity index is 2.09. The smallest absolute Gasteiger partial charge is 0.189 e. The molecule has 20 heavy (non-hydrogen) atoms.